The molecule has 6 aliphatic carbocycles. The Morgan fingerprint density at radius 3 is 2.24 bits per heavy atom. The third-order valence-corrected chi connectivity index (χ3v) is 6.38. The number of phenolic OH excluding ortho intramolecular Hbond substituents is 1. The van der Waals surface area contributed by atoms with Gasteiger partial charge in [-0.25, -0.2) is 0 Å². The summed E-state index contributed by atoms with van der Waals surface area (Å²) in [4.78, 5) is 9.49. The normalized spacial score (nSPS) is 41.0. The quantitative estimate of drug-likeness (QED) is 0.627. The second kappa shape index (κ2) is 4.72. The molecule has 4 heteroatoms. The molecule has 1 aromatic carbocycles. The number of nitro groups is 1. The molecular formula is C17H21NO3. The van der Waals surface area contributed by atoms with Crippen LogP contribution in [0.2, 0.25) is 0 Å². The Morgan fingerprint density at radius 1 is 1.00 bits per heavy atom. The van der Waals surface area contributed by atoms with Gasteiger partial charge in [0.15, 0.2) is 0 Å². The third kappa shape index (κ3) is 2.12. The Balaban J connectivity index is 0.000000111. The number of phenols is 1. The van der Waals surface area contributed by atoms with Gasteiger partial charge in [-0.2, -0.15) is 0 Å². The topological polar surface area (TPSA) is 63.4 Å². The fraction of sp³-hybridized carbons (Fsp3) is 0.647. The molecule has 0 saturated heterocycles. The van der Waals surface area contributed by atoms with E-state index < -0.39 is 4.92 Å². The molecular weight excluding hydrogens is 266 g/mol. The molecule has 1 N–H and O–H groups in total. The van der Waals surface area contributed by atoms with Crippen LogP contribution in [0.5, 0.6) is 5.75 Å². The number of hydrogen-bond donors (Lipinski definition) is 1. The molecule has 6 bridgehead atoms. The summed E-state index contributed by atoms with van der Waals surface area (Å²) in [5.74, 6) is 7.22. The van der Waals surface area contributed by atoms with E-state index in [9.17, 15) is 10.1 Å². The molecule has 0 spiro atoms. The fourth-order valence-corrected chi connectivity index (χ4v) is 5.64. The summed E-state index contributed by atoms with van der Waals surface area (Å²) >= 11 is 0. The minimum Gasteiger partial charge on any atom is -0.508 e. The lowest BCUT2D eigenvalue weighted by atomic mass is 9.39. The van der Waals surface area contributed by atoms with Crippen LogP contribution in [-0.4, -0.2) is 10.0 Å². The van der Waals surface area contributed by atoms with E-state index in [2.05, 4.69) is 0 Å². The maximum Gasteiger partial charge on any atom is 0.273 e. The predicted molar refractivity (Wildman–Crippen MR) is 78.8 cm³/mol. The Morgan fingerprint density at radius 2 is 1.71 bits per heavy atom. The number of benzene rings is 1. The molecule has 7 rings (SSSR count). The van der Waals surface area contributed by atoms with E-state index in [4.69, 9.17) is 5.11 Å². The molecule has 0 aromatic heterocycles. The van der Waals surface area contributed by atoms with E-state index in [1.807, 2.05) is 0 Å². The number of nitrogens with zero attached hydrogens (tertiary/aromatic N) is 1. The van der Waals surface area contributed by atoms with Crippen molar-refractivity contribution in [2.24, 2.45) is 35.5 Å². The van der Waals surface area contributed by atoms with Crippen molar-refractivity contribution in [3.63, 3.8) is 0 Å². The van der Waals surface area contributed by atoms with Crippen LogP contribution < -0.4 is 0 Å². The van der Waals surface area contributed by atoms with Gasteiger partial charge in [0, 0.05) is 6.07 Å². The first-order valence-corrected chi connectivity index (χ1v) is 8.05. The van der Waals surface area contributed by atoms with E-state index in [1.54, 1.807) is 32.1 Å². The molecule has 112 valence electrons. The van der Waals surface area contributed by atoms with Gasteiger partial charge in [0.2, 0.25) is 0 Å². The first-order chi connectivity index (χ1) is 10.1. The second-order valence-electron chi connectivity index (χ2n) is 7.33. The van der Waals surface area contributed by atoms with Crippen molar-refractivity contribution in [2.75, 3.05) is 0 Å². The Labute approximate surface area is 124 Å². The predicted octanol–water partition coefficient (Wildman–Crippen LogP) is 3.99. The average molecular weight is 287 g/mol. The van der Waals surface area contributed by atoms with Crippen molar-refractivity contribution in [1.82, 2.24) is 0 Å². The lowest BCUT2D eigenvalue weighted by molar-refractivity contribution is -0.384. The largest absolute Gasteiger partial charge is 0.508 e. The van der Waals surface area contributed by atoms with Crippen molar-refractivity contribution in [2.45, 2.75) is 32.1 Å². The highest BCUT2D eigenvalue weighted by molar-refractivity contribution is 5.36. The van der Waals surface area contributed by atoms with Crippen LogP contribution in [0.3, 0.4) is 0 Å². The number of non-ortho nitro benzene ring substituents is 1. The first kappa shape index (κ1) is 13.1. The van der Waals surface area contributed by atoms with E-state index in [1.165, 1.54) is 53.7 Å². The zero-order valence-corrected chi connectivity index (χ0v) is 12.0. The molecule has 6 aliphatic rings. The van der Waals surface area contributed by atoms with Gasteiger partial charge in [0.05, 0.1) is 11.0 Å². The standard InChI is InChI=1S/C11H16.C6H5NO3/c1-6-2-8-4-7(1)9-5-10(8)11(9)3-6;8-6-3-1-2-5(4-6)7(9)10/h6-11H,1-5H2;1-4,8H. The van der Waals surface area contributed by atoms with Gasteiger partial charge in [0.1, 0.15) is 5.75 Å². The Kier molecular flexibility index (Phi) is 2.95. The van der Waals surface area contributed by atoms with E-state index in [-0.39, 0.29) is 11.4 Å². The van der Waals surface area contributed by atoms with Crippen LogP contribution in [-0.2, 0) is 0 Å². The lowest BCUT2D eigenvalue weighted by Crippen LogP contribution is -2.58. The summed E-state index contributed by atoms with van der Waals surface area (Å²) < 4.78 is 0. The van der Waals surface area contributed by atoms with Crippen LogP contribution in [0.15, 0.2) is 24.3 Å². The minimum atomic E-state index is -0.556. The third-order valence-electron chi connectivity index (χ3n) is 6.38. The summed E-state index contributed by atoms with van der Waals surface area (Å²) in [6, 6.07) is 5.22. The fourth-order valence-electron chi connectivity index (χ4n) is 5.64. The Bertz CT molecular complexity index is 536. The van der Waals surface area contributed by atoms with Crippen molar-refractivity contribution in [3.8, 4) is 5.75 Å². The van der Waals surface area contributed by atoms with Crippen LogP contribution in [0.25, 0.3) is 0 Å². The van der Waals surface area contributed by atoms with Gasteiger partial charge in [0.25, 0.3) is 5.69 Å². The van der Waals surface area contributed by atoms with Gasteiger partial charge >= 0.3 is 0 Å². The van der Waals surface area contributed by atoms with Gasteiger partial charge in [-0.3, -0.25) is 10.1 Å². The molecule has 4 atom stereocenters. The van der Waals surface area contributed by atoms with Crippen molar-refractivity contribution in [3.05, 3.63) is 34.4 Å². The van der Waals surface area contributed by atoms with Gasteiger partial charge < -0.3 is 5.11 Å². The van der Waals surface area contributed by atoms with E-state index >= 15 is 0 Å². The summed E-state index contributed by atoms with van der Waals surface area (Å²) in [7, 11) is 0. The van der Waals surface area contributed by atoms with E-state index in [0.717, 1.165) is 6.07 Å². The summed E-state index contributed by atoms with van der Waals surface area (Å²) in [5, 5.41) is 18.8. The molecule has 0 aliphatic heterocycles. The van der Waals surface area contributed by atoms with Gasteiger partial charge in [-0.15, -0.1) is 0 Å². The van der Waals surface area contributed by atoms with Crippen LogP contribution in [0.4, 0.5) is 5.69 Å². The van der Waals surface area contributed by atoms with Crippen LogP contribution >= 0.6 is 0 Å². The second-order valence-corrected chi connectivity index (χ2v) is 7.33. The molecule has 6 saturated carbocycles. The molecule has 0 amide bonds. The van der Waals surface area contributed by atoms with Crippen molar-refractivity contribution in [1.29, 1.82) is 0 Å². The first-order valence-electron chi connectivity index (χ1n) is 8.05. The molecule has 4 unspecified atom stereocenters. The molecule has 1 aromatic rings. The van der Waals surface area contributed by atoms with E-state index in [0.29, 0.717) is 0 Å². The summed E-state index contributed by atoms with van der Waals surface area (Å²) in [5.41, 5.74) is -0.0972. The monoisotopic (exact) mass is 287 g/mol. The molecule has 21 heavy (non-hydrogen) atoms. The lowest BCUT2D eigenvalue weighted by Gasteiger charge is -2.66. The zero-order valence-electron chi connectivity index (χ0n) is 12.0. The highest BCUT2D eigenvalue weighted by atomic mass is 16.6. The van der Waals surface area contributed by atoms with Crippen LogP contribution in [0.1, 0.15) is 32.1 Å². The van der Waals surface area contributed by atoms with Gasteiger partial charge in [-0.1, -0.05) is 6.07 Å². The average Bonchev–Trinajstić information content (AvgIpc) is 2.42. The zero-order chi connectivity index (χ0) is 14.6. The Hall–Kier alpha value is -1.58. The summed E-state index contributed by atoms with van der Waals surface area (Å²) in [6.45, 7) is 0. The highest BCUT2D eigenvalue weighted by Gasteiger charge is 2.59. The maximum atomic E-state index is 10.0. The molecule has 6 fully saturated rings. The summed E-state index contributed by atoms with van der Waals surface area (Å²) in [6.07, 6.45) is 8.19. The molecule has 0 radical (unpaired) electrons. The van der Waals surface area contributed by atoms with Crippen LogP contribution in [0, 0.1) is 45.6 Å². The number of hydrogen-bond acceptors (Lipinski definition) is 3. The SMILES string of the molecule is C1C2CC3CC1C1CC3C1C2.O=[N+]([O-])c1cccc(O)c1. The maximum absolute atomic E-state index is 10.0. The number of aromatic hydroxyl groups is 1. The molecule has 0 heterocycles. The highest BCUT2D eigenvalue weighted by Crippen LogP contribution is 2.68. The van der Waals surface area contributed by atoms with Gasteiger partial charge in [-0.05, 0) is 73.7 Å². The smallest absolute Gasteiger partial charge is 0.273 e. The van der Waals surface area contributed by atoms with Crippen molar-refractivity contribution < 1.29 is 10.0 Å². The van der Waals surface area contributed by atoms with Crippen molar-refractivity contribution >= 4 is 5.69 Å². The number of nitro benzene ring substituents is 1. The minimum absolute atomic E-state index is 0.0887. The molecule has 4 nitrogen and oxygen atoms in total. The number of rotatable bonds is 1.